The summed E-state index contributed by atoms with van der Waals surface area (Å²) < 4.78 is 36.7. The van der Waals surface area contributed by atoms with E-state index in [1.165, 1.54) is 18.9 Å². The van der Waals surface area contributed by atoms with E-state index in [9.17, 15) is 13.9 Å². The van der Waals surface area contributed by atoms with E-state index in [2.05, 4.69) is 25.5 Å². The Morgan fingerprint density at radius 3 is 2.53 bits per heavy atom. The topological polar surface area (TPSA) is 62.5 Å². The van der Waals surface area contributed by atoms with Crippen LogP contribution in [0.2, 0.25) is 0 Å². The standard InChI is InChI=1S/C26H37F2NO3/c1-4-17(3)19-10-9-16(2)13-20(14-19)31-15-22(25(30)18-11-12-18)24(29)21-7-5-6-8-23(21)32-26(27)28/h5-8,16-20,26,29-30H,4,9-15H2,1-3H3/b25-22-,29-24?/t16-,17?,19+,20?/m0/s1. The number of rotatable bonds is 10. The number of aliphatic hydroxyl groups excluding tert-OH is 1. The summed E-state index contributed by atoms with van der Waals surface area (Å²) in [6.07, 6.45) is 7.29. The van der Waals surface area contributed by atoms with Crippen molar-refractivity contribution in [2.45, 2.75) is 78.4 Å². The van der Waals surface area contributed by atoms with Crippen LogP contribution in [-0.2, 0) is 4.74 Å². The molecule has 178 valence electrons. The molecule has 0 aliphatic heterocycles. The van der Waals surface area contributed by atoms with Gasteiger partial charge in [-0.05, 0) is 62.0 Å². The molecule has 0 radical (unpaired) electrons. The summed E-state index contributed by atoms with van der Waals surface area (Å²) in [7, 11) is 0. The minimum absolute atomic E-state index is 0.00852. The highest BCUT2D eigenvalue weighted by molar-refractivity contribution is 6.12. The largest absolute Gasteiger partial charge is 0.512 e. The van der Waals surface area contributed by atoms with Gasteiger partial charge in [-0.1, -0.05) is 45.7 Å². The quantitative estimate of drug-likeness (QED) is 0.227. The number of alkyl halides is 2. The Morgan fingerprint density at radius 2 is 1.88 bits per heavy atom. The Morgan fingerprint density at radius 1 is 1.16 bits per heavy atom. The van der Waals surface area contributed by atoms with E-state index in [0.717, 1.165) is 32.1 Å². The molecule has 0 spiro atoms. The van der Waals surface area contributed by atoms with Gasteiger partial charge in [-0.25, -0.2) is 0 Å². The van der Waals surface area contributed by atoms with Gasteiger partial charge in [-0.2, -0.15) is 8.78 Å². The molecule has 1 aromatic rings. The number of halogens is 2. The number of para-hydroxylation sites is 1. The lowest BCUT2D eigenvalue weighted by Gasteiger charge is -2.26. The summed E-state index contributed by atoms with van der Waals surface area (Å²) >= 11 is 0. The molecule has 0 bridgehead atoms. The monoisotopic (exact) mass is 449 g/mol. The zero-order valence-corrected chi connectivity index (χ0v) is 19.4. The lowest BCUT2D eigenvalue weighted by atomic mass is 9.85. The molecule has 2 aliphatic carbocycles. The van der Waals surface area contributed by atoms with Gasteiger partial charge < -0.3 is 14.6 Å². The Labute approximate surface area is 190 Å². The first kappa shape index (κ1) is 24.7. The Bertz CT molecular complexity index is 806. The van der Waals surface area contributed by atoms with Crippen LogP contribution < -0.4 is 4.74 Å². The second kappa shape index (κ2) is 11.3. The van der Waals surface area contributed by atoms with Crippen LogP contribution in [0.1, 0.15) is 71.3 Å². The minimum Gasteiger partial charge on any atom is -0.512 e. The first-order valence-corrected chi connectivity index (χ1v) is 12.0. The second-order valence-electron chi connectivity index (χ2n) is 9.62. The van der Waals surface area contributed by atoms with Gasteiger partial charge in [-0.3, -0.25) is 5.41 Å². The molecule has 0 amide bonds. The molecule has 2 unspecified atom stereocenters. The van der Waals surface area contributed by atoms with Crippen molar-refractivity contribution in [1.29, 1.82) is 5.41 Å². The van der Waals surface area contributed by atoms with Crippen molar-refractivity contribution in [3.8, 4) is 5.75 Å². The van der Waals surface area contributed by atoms with Crippen LogP contribution >= 0.6 is 0 Å². The predicted octanol–water partition coefficient (Wildman–Crippen LogP) is 7.14. The fraction of sp³-hybridized carbons (Fsp3) is 0.654. The Balaban J connectivity index is 1.79. The molecule has 0 heterocycles. The van der Waals surface area contributed by atoms with E-state index in [1.54, 1.807) is 18.2 Å². The van der Waals surface area contributed by atoms with E-state index in [0.29, 0.717) is 23.3 Å². The normalized spacial score (nSPS) is 25.8. The Hall–Kier alpha value is -1.95. The summed E-state index contributed by atoms with van der Waals surface area (Å²) in [5.74, 6) is 1.93. The van der Waals surface area contributed by atoms with Gasteiger partial charge in [0.1, 0.15) is 11.5 Å². The molecule has 0 aromatic heterocycles. The highest BCUT2D eigenvalue weighted by Crippen LogP contribution is 2.39. The zero-order chi connectivity index (χ0) is 23.3. The molecule has 3 rings (SSSR count). The van der Waals surface area contributed by atoms with Gasteiger partial charge in [0, 0.05) is 17.1 Å². The van der Waals surface area contributed by atoms with Crippen LogP contribution in [0, 0.1) is 29.1 Å². The molecule has 4 nitrogen and oxygen atoms in total. The second-order valence-corrected chi connectivity index (χ2v) is 9.62. The molecule has 1 aromatic carbocycles. The van der Waals surface area contributed by atoms with Crippen molar-refractivity contribution < 1.29 is 23.4 Å². The lowest BCUT2D eigenvalue weighted by molar-refractivity contribution is -0.0499. The average Bonchev–Trinajstić information content (AvgIpc) is 3.61. The van der Waals surface area contributed by atoms with Crippen LogP contribution in [-0.4, -0.2) is 30.1 Å². The van der Waals surface area contributed by atoms with E-state index in [-0.39, 0.29) is 41.4 Å². The first-order valence-electron chi connectivity index (χ1n) is 12.0. The Kier molecular flexibility index (Phi) is 8.69. The maximum atomic E-state index is 12.9. The van der Waals surface area contributed by atoms with E-state index in [4.69, 9.17) is 10.1 Å². The van der Waals surface area contributed by atoms with Gasteiger partial charge in [-0.15, -0.1) is 0 Å². The SMILES string of the molecule is CCC(C)[C@@H]1CC[C@H](C)CC(OC/C(C(=N)c2ccccc2OC(F)F)=C(/O)C2CC2)C1. The van der Waals surface area contributed by atoms with Crippen molar-refractivity contribution in [1.82, 2.24) is 0 Å². The number of hydrogen-bond donors (Lipinski definition) is 2. The van der Waals surface area contributed by atoms with Crippen molar-refractivity contribution >= 4 is 5.71 Å². The molecule has 32 heavy (non-hydrogen) atoms. The molecule has 0 saturated heterocycles. The van der Waals surface area contributed by atoms with Gasteiger partial charge in [0.05, 0.1) is 18.4 Å². The third-order valence-electron chi connectivity index (χ3n) is 7.12. The molecular formula is C26H37F2NO3. The number of allylic oxidation sites excluding steroid dienone is 1. The molecule has 2 N–H and O–H groups in total. The number of aliphatic hydroxyl groups is 1. The molecule has 2 saturated carbocycles. The molecule has 2 fully saturated rings. The van der Waals surface area contributed by atoms with Gasteiger partial charge >= 0.3 is 6.61 Å². The van der Waals surface area contributed by atoms with Gasteiger partial charge in [0.15, 0.2) is 0 Å². The van der Waals surface area contributed by atoms with Crippen molar-refractivity contribution in [3.63, 3.8) is 0 Å². The summed E-state index contributed by atoms with van der Waals surface area (Å²) in [4.78, 5) is 0. The summed E-state index contributed by atoms with van der Waals surface area (Å²) in [5.41, 5.74) is 0.617. The van der Waals surface area contributed by atoms with E-state index in [1.807, 2.05) is 0 Å². The fourth-order valence-electron chi connectivity index (χ4n) is 4.72. The highest BCUT2D eigenvalue weighted by Gasteiger charge is 2.32. The third-order valence-corrected chi connectivity index (χ3v) is 7.12. The fourth-order valence-corrected chi connectivity index (χ4v) is 4.72. The zero-order valence-electron chi connectivity index (χ0n) is 19.4. The van der Waals surface area contributed by atoms with Gasteiger partial charge in [0.25, 0.3) is 0 Å². The van der Waals surface area contributed by atoms with Crippen LogP contribution in [0.15, 0.2) is 35.6 Å². The molecular weight excluding hydrogens is 412 g/mol. The van der Waals surface area contributed by atoms with Crippen LogP contribution in [0.5, 0.6) is 5.75 Å². The number of benzene rings is 1. The summed E-state index contributed by atoms with van der Waals surface area (Å²) in [6.45, 7) is 3.92. The maximum Gasteiger partial charge on any atom is 0.387 e. The van der Waals surface area contributed by atoms with Gasteiger partial charge in [0.2, 0.25) is 0 Å². The molecule has 4 atom stereocenters. The predicted molar refractivity (Wildman–Crippen MR) is 123 cm³/mol. The van der Waals surface area contributed by atoms with Crippen molar-refractivity contribution in [2.24, 2.45) is 23.7 Å². The van der Waals surface area contributed by atoms with Crippen LogP contribution in [0.4, 0.5) is 8.78 Å². The average molecular weight is 450 g/mol. The van der Waals surface area contributed by atoms with Crippen molar-refractivity contribution in [3.05, 3.63) is 41.2 Å². The highest BCUT2D eigenvalue weighted by atomic mass is 19.3. The lowest BCUT2D eigenvalue weighted by Crippen LogP contribution is -2.23. The summed E-state index contributed by atoms with van der Waals surface area (Å²) in [6, 6.07) is 6.27. The maximum absolute atomic E-state index is 12.9. The molecule has 2 aliphatic rings. The molecule has 6 heteroatoms. The number of nitrogens with one attached hydrogen (secondary N) is 1. The number of ether oxygens (including phenoxy) is 2. The summed E-state index contributed by atoms with van der Waals surface area (Å²) in [5, 5.41) is 19.6. The van der Waals surface area contributed by atoms with E-state index < -0.39 is 6.61 Å². The van der Waals surface area contributed by atoms with Crippen molar-refractivity contribution in [2.75, 3.05) is 6.61 Å². The number of hydrogen-bond acceptors (Lipinski definition) is 4. The van der Waals surface area contributed by atoms with Crippen LogP contribution in [0.25, 0.3) is 0 Å². The smallest absolute Gasteiger partial charge is 0.387 e. The van der Waals surface area contributed by atoms with E-state index >= 15 is 0 Å². The first-order chi connectivity index (χ1) is 15.3. The minimum atomic E-state index is -2.98. The third kappa shape index (κ3) is 6.53. The van der Waals surface area contributed by atoms with Crippen LogP contribution in [0.3, 0.4) is 0 Å².